The lowest BCUT2D eigenvalue weighted by molar-refractivity contribution is 1.07. The summed E-state index contributed by atoms with van der Waals surface area (Å²) in [7, 11) is 0. The molecule has 2 heterocycles. The summed E-state index contributed by atoms with van der Waals surface area (Å²) in [5.41, 5.74) is 5.02. The Morgan fingerprint density at radius 2 is 1.58 bits per heavy atom. The summed E-state index contributed by atoms with van der Waals surface area (Å²) in [5, 5.41) is 1.97. The van der Waals surface area contributed by atoms with Crippen molar-refractivity contribution >= 4 is 34.2 Å². The van der Waals surface area contributed by atoms with Gasteiger partial charge in [-0.1, -0.05) is 53.0 Å². The van der Waals surface area contributed by atoms with Gasteiger partial charge in [0.25, 0.3) is 0 Å². The van der Waals surface area contributed by atoms with Gasteiger partial charge in [0.05, 0.1) is 5.39 Å². The van der Waals surface area contributed by atoms with Crippen LogP contribution in [0.25, 0.3) is 27.8 Å². The molecular formula is C19H13Cl2N3. The average Bonchev–Trinajstić information content (AvgIpc) is 2.97. The van der Waals surface area contributed by atoms with Gasteiger partial charge in [0.15, 0.2) is 0 Å². The summed E-state index contributed by atoms with van der Waals surface area (Å²) in [6, 6.07) is 16.0. The Bertz CT molecular complexity index is 1020. The first-order valence-corrected chi connectivity index (χ1v) is 8.23. The lowest BCUT2D eigenvalue weighted by Crippen LogP contribution is -1.94. The molecule has 5 heteroatoms. The zero-order valence-corrected chi connectivity index (χ0v) is 14.4. The van der Waals surface area contributed by atoms with Gasteiger partial charge in [-0.15, -0.1) is 0 Å². The molecule has 4 aromatic rings. The average molecular weight is 354 g/mol. The molecule has 0 spiro atoms. The topological polar surface area (TPSA) is 30.7 Å². The quantitative estimate of drug-likeness (QED) is 0.432. The number of rotatable bonds is 2. The van der Waals surface area contributed by atoms with E-state index in [1.807, 2.05) is 35.0 Å². The van der Waals surface area contributed by atoms with Gasteiger partial charge < -0.3 is 4.57 Å². The maximum atomic E-state index is 6.38. The van der Waals surface area contributed by atoms with Crippen molar-refractivity contribution in [3.05, 3.63) is 76.8 Å². The minimum absolute atomic E-state index is 0.441. The Balaban J connectivity index is 2.01. The number of benzene rings is 2. The molecule has 24 heavy (non-hydrogen) atoms. The lowest BCUT2D eigenvalue weighted by Gasteiger charge is -2.04. The van der Waals surface area contributed by atoms with Crippen LogP contribution in [0.4, 0.5) is 0 Å². The van der Waals surface area contributed by atoms with Crippen LogP contribution in [0.1, 0.15) is 5.56 Å². The van der Waals surface area contributed by atoms with E-state index in [9.17, 15) is 0 Å². The van der Waals surface area contributed by atoms with E-state index in [1.54, 1.807) is 0 Å². The SMILES string of the molecule is Cc1ccc(-n2cc(-c3ccc(Cl)cc3)c3c(Cl)ncnc32)cc1. The predicted molar refractivity (Wildman–Crippen MR) is 99.1 cm³/mol. The van der Waals surface area contributed by atoms with Gasteiger partial charge >= 0.3 is 0 Å². The van der Waals surface area contributed by atoms with Gasteiger partial charge in [0.1, 0.15) is 17.1 Å². The first kappa shape index (κ1) is 15.2. The summed E-state index contributed by atoms with van der Waals surface area (Å²) in [6.07, 6.45) is 3.53. The third kappa shape index (κ3) is 2.56. The largest absolute Gasteiger partial charge is 0.301 e. The van der Waals surface area contributed by atoms with Crippen LogP contribution < -0.4 is 0 Å². The summed E-state index contributed by atoms with van der Waals surface area (Å²) in [5.74, 6) is 0. The molecule has 0 saturated carbocycles. The van der Waals surface area contributed by atoms with E-state index in [-0.39, 0.29) is 0 Å². The van der Waals surface area contributed by atoms with E-state index < -0.39 is 0 Å². The molecular weight excluding hydrogens is 341 g/mol. The highest BCUT2D eigenvalue weighted by Gasteiger charge is 2.16. The molecule has 0 bridgehead atoms. The standard InChI is InChI=1S/C19H13Cl2N3/c1-12-2-8-15(9-3-12)24-10-16(13-4-6-14(20)7-5-13)17-18(21)22-11-23-19(17)24/h2-11H,1H3. The number of aromatic nitrogens is 3. The van der Waals surface area contributed by atoms with Crippen LogP contribution >= 0.6 is 23.2 Å². The highest BCUT2D eigenvalue weighted by atomic mass is 35.5. The first-order valence-electron chi connectivity index (χ1n) is 7.48. The number of aryl methyl sites for hydroxylation is 1. The van der Waals surface area contributed by atoms with Crippen molar-refractivity contribution in [2.24, 2.45) is 0 Å². The molecule has 0 unspecified atom stereocenters. The monoisotopic (exact) mass is 353 g/mol. The van der Waals surface area contributed by atoms with Crippen LogP contribution in [-0.2, 0) is 0 Å². The Labute approximate surface area is 149 Å². The van der Waals surface area contributed by atoms with E-state index in [0.29, 0.717) is 10.2 Å². The summed E-state index contributed by atoms with van der Waals surface area (Å²) in [6.45, 7) is 2.07. The maximum absolute atomic E-state index is 6.38. The van der Waals surface area contributed by atoms with Gasteiger partial charge in [0.2, 0.25) is 0 Å². The Morgan fingerprint density at radius 3 is 2.29 bits per heavy atom. The Kier molecular flexibility index (Phi) is 3.75. The van der Waals surface area contributed by atoms with Crippen LogP contribution in [0, 0.1) is 6.92 Å². The van der Waals surface area contributed by atoms with Crippen molar-refractivity contribution in [3.8, 4) is 16.8 Å². The molecule has 0 N–H and O–H groups in total. The molecule has 2 aromatic heterocycles. The smallest absolute Gasteiger partial charge is 0.150 e. The summed E-state index contributed by atoms with van der Waals surface area (Å²) >= 11 is 12.4. The zero-order valence-electron chi connectivity index (χ0n) is 12.9. The van der Waals surface area contributed by atoms with E-state index in [1.165, 1.54) is 11.9 Å². The second-order valence-electron chi connectivity index (χ2n) is 5.62. The molecule has 0 fully saturated rings. The minimum atomic E-state index is 0.441. The van der Waals surface area contributed by atoms with Gasteiger partial charge in [0, 0.05) is 22.5 Å². The molecule has 0 atom stereocenters. The van der Waals surface area contributed by atoms with E-state index >= 15 is 0 Å². The van der Waals surface area contributed by atoms with Gasteiger partial charge in [-0.05, 0) is 36.8 Å². The third-order valence-electron chi connectivity index (χ3n) is 4.00. The number of halogens is 2. The predicted octanol–water partition coefficient (Wildman–Crippen LogP) is 5.70. The fourth-order valence-electron chi connectivity index (χ4n) is 2.78. The number of fused-ring (bicyclic) bond motifs is 1. The zero-order chi connectivity index (χ0) is 16.7. The van der Waals surface area contributed by atoms with Crippen LogP contribution in [-0.4, -0.2) is 14.5 Å². The molecule has 0 radical (unpaired) electrons. The fraction of sp³-hybridized carbons (Fsp3) is 0.0526. The molecule has 2 aromatic carbocycles. The van der Waals surface area contributed by atoms with E-state index in [0.717, 1.165) is 27.8 Å². The third-order valence-corrected chi connectivity index (χ3v) is 4.54. The molecule has 0 aliphatic carbocycles. The van der Waals surface area contributed by atoms with Crippen molar-refractivity contribution in [1.82, 2.24) is 14.5 Å². The van der Waals surface area contributed by atoms with Crippen LogP contribution in [0.3, 0.4) is 0 Å². The van der Waals surface area contributed by atoms with E-state index in [4.69, 9.17) is 23.2 Å². The lowest BCUT2D eigenvalue weighted by atomic mass is 10.1. The molecule has 0 aliphatic rings. The number of hydrogen-bond acceptors (Lipinski definition) is 2. The fourth-order valence-corrected chi connectivity index (χ4v) is 3.13. The summed E-state index contributed by atoms with van der Waals surface area (Å²) < 4.78 is 2.03. The highest BCUT2D eigenvalue weighted by molar-refractivity contribution is 6.35. The second kappa shape index (κ2) is 5.93. The Hall–Kier alpha value is -2.36. The van der Waals surface area contributed by atoms with Crippen LogP contribution in [0.5, 0.6) is 0 Å². The van der Waals surface area contributed by atoms with Crippen molar-refractivity contribution in [2.75, 3.05) is 0 Å². The number of nitrogens with zero attached hydrogens (tertiary/aromatic N) is 3. The molecule has 0 aliphatic heterocycles. The first-order chi connectivity index (χ1) is 11.6. The minimum Gasteiger partial charge on any atom is -0.301 e. The number of hydrogen-bond donors (Lipinski definition) is 0. The maximum Gasteiger partial charge on any atom is 0.150 e. The Morgan fingerprint density at radius 1 is 0.875 bits per heavy atom. The normalized spacial score (nSPS) is 11.1. The van der Waals surface area contributed by atoms with Gasteiger partial charge in [-0.3, -0.25) is 0 Å². The highest BCUT2D eigenvalue weighted by Crippen LogP contribution is 2.35. The van der Waals surface area contributed by atoms with Crippen molar-refractivity contribution in [3.63, 3.8) is 0 Å². The molecule has 0 saturated heterocycles. The summed E-state index contributed by atoms with van der Waals surface area (Å²) in [4.78, 5) is 8.59. The molecule has 3 nitrogen and oxygen atoms in total. The van der Waals surface area contributed by atoms with Crippen molar-refractivity contribution in [2.45, 2.75) is 6.92 Å². The van der Waals surface area contributed by atoms with Crippen LogP contribution in [0.2, 0.25) is 10.2 Å². The van der Waals surface area contributed by atoms with Gasteiger partial charge in [-0.25, -0.2) is 9.97 Å². The van der Waals surface area contributed by atoms with E-state index in [2.05, 4.69) is 41.2 Å². The molecule has 4 rings (SSSR count). The van der Waals surface area contributed by atoms with Crippen LogP contribution in [0.15, 0.2) is 61.1 Å². The van der Waals surface area contributed by atoms with Crippen molar-refractivity contribution in [1.29, 1.82) is 0 Å². The van der Waals surface area contributed by atoms with Crippen molar-refractivity contribution < 1.29 is 0 Å². The molecule has 118 valence electrons. The molecule has 0 amide bonds. The van der Waals surface area contributed by atoms with Gasteiger partial charge in [-0.2, -0.15) is 0 Å². The second-order valence-corrected chi connectivity index (χ2v) is 6.41.